The molecule has 0 aliphatic rings. The Morgan fingerprint density at radius 3 is 1.16 bits per heavy atom. The van der Waals surface area contributed by atoms with Crippen molar-refractivity contribution >= 4 is 5.97 Å². The zero-order chi connectivity index (χ0) is 35.6. The Bertz CT molecular complexity index is 648. The van der Waals surface area contributed by atoms with E-state index in [9.17, 15) is 9.90 Å². The van der Waals surface area contributed by atoms with E-state index >= 15 is 0 Å². The first-order valence-electron chi connectivity index (χ1n) is 22.3. The molecular weight excluding hydrogens is 604 g/mol. The SMILES string of the molecule is CCCCCCC/C=C\CCCCCCCCOCC(CO)OC(=O)CCCCCCCCCCCCCCCCCCCCCCCC. The lowest BCUT2D eigenvalue weighted by Gasteiger charge is -2.15. The zero-order valence-corrected chi connectivity index (χ0v) is 33.5. The van der Waals surface area contributed by atoms with Gasteiger partial charge in [0.15, 0.2) is 0 Å². The fraction of sp³-hybridized carbons (Fsp3) is 0.933. The highest BCUT2D eigenvalue weighted by atomic mass is 16.6. The molecule has 292 valence electrons. The van der Waals surface area contributed by atoms with Crippen LogP contribution in [0.1, 0.15) is 245 Å². The lowest BCUT2D eigenvalue weighted by atomic mass is 10.0. The first kappa shape index (κ1) is 48.1. The molecule has 0 aliphatic carbocycles. The van der Waals surface area contributed by atoms with E-state index in [1.54, 1.807) is 0 Å². The maximum absolute atomic E-state index is 12.2. The molecule has 0 fully saturated rings. The van der Waals surface area contributed by atoms with Crippen LogP contribution in [-0.4, -0.2) is 37.0 Å². The average Bonchev–Trinajstić information content (AvgIpc) is 3.11. The minimum absolute atomic E-state index is 0.168. The highest BCUT2D eigenvalue weighted by molar-refractivity contribution is 5.69. The van der Waals surface area contributed by atoms with Crippen LogP contribution in [0.4, 0.5) is 0 Å². The van der Waals surface area contributed by atoms with E-state index in [0.29, 0.717) is 19.6 Å². The Balaban J connectivity index is 3.36. The molecule has 1 unspecified atom stereocenters. The number of allylic oxidation sites excluding steroid dienone is 2. The highest BCUT2D eigenvalue weighted by Gasteiger charge is 2.13. The first-order valence-corrected chi connectivity index (χ1v) is 22.3. The van der Waals surface area contributed by atoms with Gasteiger partial charge in [0.2, 0.25) is 0 Å². The summed E-state index contributed by atoms with van der Waals surface area (Å²) in [6, 6.07) is 0. The summed E-state index contributed by atoms with van der Waals surface area (Å²) in [5, 5.41) is 9.60. The van der Waals surface area contributed by atoms with E-state index in [1.165, 1.54) is 205 Å². The summed E-state index contributed by atoms with van der Waals surface area (Å²) in [4.78, 5) is 12.2. The summed E-state index contributed by atoms with van der Waals surface area (Å²) in [7, 11) is 0. The monoisotopic (exact) mass is 693 g/mol. The molecule has 0 bridgehead atoms. The predicted molar refractivity (Wildman–Crippen MR) is 214 cm³/mol. The lowest BCUT2D eigenvalue weighted by Crippen LogP contribution is -2.27. The third-order valence-corrected chi connectivity index (χ3v) is 10.1. The Morgan fingerprint density at radius 2 is 0.796 bits per heavy atom. The number of rotatable bonds is 42. The fourth-order valence-corrected chi connectivity index (χ4v) is 6.74. The number of carbonyl (C=O) groups is 1. The highest BCUT2D eigenvalue weighted by Crippen LogP contribution is 2.16. The zero-order valence-electron chi connectivity index (χ0n) is 33.5. The third kappa shape index (κ3) is 41.4. The number of ether oxygens (including phenoxy) is 2. The third-order valence-electron chi connectivity index (χ3n) is 10.1. The normalized spacial score (nSPS) is 12.3. The van der Waals surface area contributed by atoms with E-state index in [2.05, 4.69) is 26.0 Å². The smallest absolute Gasteiger partial charge is 0.306 e. The maximum Gasteiger partial charge on any atom is 0.306 e. The molecule has 0 aromatic heterocycles. The molecule has 0 aromatic rings. The number of esters is 1. The van der Waals surface area contributed by atoms with Crippen molar-refractivity contribution in [2.45, 2.75) is 251 Å². The van der Waals surface area contributed by atoms with Gasteiger partial charge in [0.05, 0.1) is 13.2 Å². The summed E-state index contributed by atoms with van der Waals surface area (Å²) in [5.74, 6) is -0.197. The van der Waals surface area contributed by atoms with E-state index in [-0.39, 0.29) is 12.6 Å². The van der Waals surface area contributed by atoms with Crippen LogP contribution in [0.25, 0.3) is 0 Å². The topological polar surface area (TPSA) is 55.8 Å². The van der Waals surface area contributed by atoms with E-state index in [1.807, 2.05) is 0 Å². The molecule has 0 heterocycles. The summed E-state index contributed by atoms with van der Waals surface area (Å²) >= 11 is 0. The Hall–Kier alpha value is -0.870. The van der Waals surface area contributed by atoms with Gasteiger partial charge in [-0.3, -0.25) is 4.79 Å². The number of aliphatic hydroxyl groups is 1. The second-order valence-corrected chi connectivity index (χ2v) is 15.1. The average molecular weight is 693 g/mol. The molecule has 0 amide bonds. The molecule has 1 atom stereocenters. The van der Waals surface area contributed by atoms with Gasteiger partial charge in [-0.05, 0) is 38.5 Å². The van der Waals surface area contributed by atoms with Gasteiger partial charge in [0, 0.05) is 13.0 Å². The number of carbonyl (C=O) groups excluding carboxylic acids is 1. The van der Waals surface area contributed by atoms with E-state index in [4.69, 9.17) is 9.47 Å². The molecule has 0 aromatic carbocycles. The van der Waals surface area contributed by atoms with Gasteiger partial charge in [0.25, 0.3) is 0 Å². The minimum Gasteiger partial charge on any atom is -0.457 e. The Labute approximate surface area is 307 Å². The van der Waals surface area contributed by atoms with Crippen LogP contribution in [-0.2, 0) is 14.3 Å². The van der Waals surface area contributed by atoms with Gasteiger partial charge < -0.3 is 14.6 Å². The van der Waals surface area contributed by atoms with Crippen molar-refractivity contribution in [1.29, 1.82) is 0 Å². The van der Waals surface area contributed by atoms with Crippen molar-refractivity contribution < 1.29 is 19.4 Å². The number of aliphatic hydroxyl groups excluding tert-OH is 1. The summed E-state index contributed by atoms with van der Waals surface area (Å²) in [6.07, 6.45) is 51.4. The van der Waals surface area contributed by atoms with Crippen LogP contribution in [0.5, 0.6) is 0 Å². The molecular formula is C45H88O4. The van der Waals surface area contributed by atoms with Gasteiger partial charge in [-0.25, -0.2) is 0 Å². The van der Waals surface area contributed by atoms with Crippen molar-refractivity contribution in [3.8, 4) is 0 Å². The van der Waals surface area contributed by atoms with Crippen molar-refractivity contribution in [2.75, 3.05) is 19.8 Å². The molecule has 0 saturated heterocycles. The summed E-state index contributed by atoms with van der Waals surface area (Å²) < 4.78 is 11.2. The molecule has 4 nitrogen and oxygen atoms in total. The van der Waals surface area contributed by atoms with Crippen molar-refractivity contribution in [3.05, 3.63) is 12.2 Å². The van der Waals surface area contributed by atoms with Crippen molar-refractivity contribution in [1.82, 2.24) is 0 Å². The molecule has 4 heteroatoms. The van der Waals surface area contributed by atoms with Gasteiger partial charge >= 0.3 is 5.97 Å². The fourth-order valence-electron chi connectivity index (χ4n) is 6.74. The number of unbranched alkanes of at least 4 members (excludes halogenated alkanes) is 32. The Kier molecular flexibility index (Phi) is 42.5. The largest absolute Gasteiger partial charge is 0.457 e. The Morgan fingerprint density at radius 1 is 0.469 bits per heavy atom. The second-order valence-electron chi connectivity index (χ2n) is 15.1. The second kappa shape index (κ2) is 43.3. The number of hydrogen-bond acceptors (Lipinski definition) is 4. The van der Waals surface area contributed by atoms with Gasteiger partial charge in [-0.2, -0.15) is 0 Å². The molecule has 0 rings (SSSR count). The van der Waals surface area contributed by atoms with Crippen molar-refractivity contribution in [3.63, 3.8) is 0 Å². The quantitative estimate of drug-likeness (QED) is 0.0393. The van der Waals surface area contributed by atoms with Crippen LogP contribution >= 0.6 is 0 Å². The van der Waals surface area contributed by atoms with Gasteiger partial charge in [0.1, 0.15) is 6.10 Å². The van der Waals surface area contributed by atoms with E-state index in [0.717, 1.165) is 19.3 Å². The number of hydrogen-bond donors (Lipinski definition) is 1. The van der Waals surface area contributed by atoms with Crippen LogP contribution in [0, 0.1) is 0 Å². The van der Waals surface area contributed by atoms with Crippen LogP contribution in [0.2, 0.25) is 0 Å². The van der Waals surface area contributed by atoms with Crippen molar-refractivity contribution in [2.24, 2.45) is 0 Å². The van der Waals surface area contributed by atoms with Crippen LogP contribution < -0.4 is 0 Å². The summed E-state index contributed by atoms with van der Waals surface area (Å²) in [5.41, 5.74) is 0. The van der Waals surface area contributed by atoms with Gasteiger partial charge in [-0.1, -0.05) is 212 Å². The molecule has 0 radical (unpaired) electrons. The lowest BCUT2D eigenvalue weighted by molar-refractivity contribution is -0.154. The molecule has 49 heavy (non-hydrogen) atoms. The molecule has 0 saturated carbocycles. The maximum atomic E-state index is 12.2. The molecule has 1 N–H and O–H groups in total. The standard InChI is InChI=1S/C45H88O4/c1-3-5-7-9-11-13-15-17-19-20-21-22-23-24-25-26-28-30-32-34-36-38-40-45(47)49-44(42-46)43-48-41-39-37-35-33-31-29-27-18-16-14-12-10-8-6-4-2/h16,18,44,46H,3-15,17,19-43H2,1-2H3/b18-16-. The van der Waals surface area contributed by atoms with Crippen LogP contribution in [0.3, 0.4) is 0 Å². The van der Waals surface area contributed by atoms with E-state index < -0.39 is 6.10 Å². The minimum atomic E-state index is -0.531. The van der Waals surface area contributed by atoms with Crippen LogP contribution in [0.15, 0.2) is 12.2 Å². The molecule has 0 spiro atoms. The summed E-state index contributed by atoms with van der Waals surface area (Å²) in [6.45, 7) is 5.37. The predicted octanol–water partition coefficient (Wildman–Crippen LogP) is 14.5. The molecule has 0 aliphatic heterocycles. The van der Waals surface area contributed by atoms with Gasteiger partial charge in [-0.15, -0.1) is 0 Å². The first-order chi connectivity index (χ1) is 24.2.